The minimum Gasteiger partial charge on any atom is -0.481 e. The van der Waals surface area contributed by atoms with Gasteiger partial charge in [0.05, 0.1) is 6.42 Å². The summed E-state index contributed by atoms with van der Waals surface area (Å²) < 4.78 is 13.4. The highest BCUT2D eigenvalue weighted by Gasteiger charge is 2.20. The molecule has 0 aliphatic heterocycles. The highest BCUT2D eigenvalue weighted by atomic mass is 32.1. The van der Waals surface area contributed by atoms with Crippen molar-refractivity contribution in [3.63, 3.8) is 0 Å². The van der Waals surface area contributed by atoms with E-state index < -0.39 is 17.7 Å². The van der Waals surface area contributed by atoms with E-state index in [9.17, 15) is 14.0 Å². The van der Waals surface area contributed by atoms with Crippen LogP contribution in [0.4, 0.5) is 9.52 Å². The Bertz CT molecular complexity index is 720. The van der Waals surface area contributed by atoms with Gasteiger partial charge in [0, 0.05) is 18.8 Å². The van der Waals surface area contributed by atoms with Gasteiger partial charge >= 0.3 is 5.97 Å². The summed E-state index contributed by atoms with van der Waals surface area (Å²) >= 11 is 1.29. The molecule has 0 bridgehead atoms. The van der Waals surface area contributed by atoms with Crippen molar-refractivity contribution in [1.29, 1.82) is 0 Å². The van der Waals surface area contributed by atoms with Gasteiger partial charge in [-0.1, -0.05) is 30.4 Å². The number of benzene rings is 1. The molecule has 0 aliphatic carbocycles. The molecular formula is C16H18FN3O3S. The van der Waals surface area contributed by atoms with Crippen LogP contribution in [0.3, 0.4) is 0 Å². The standard InChI is InChI=1S/C16H18FN3O3S/c1-2-4-14-19-20-16(24-14)18-13(21)8-11(9-15(22)23)10-5-3-6-12(17)7-10/h3,5-7,11H,2,4,8-9H2,1H3,(H,22,23)(H,18,20,21). The van der Waals surface area contributed by atoms with Crippen molar-refractivity contribution in [2.45, 2.75) is 38.5 Å². The third-order valence-corrected chi connectivity index (χ3v) is 4.25. The van der Waals surface area contributed by atoms with Gasteiger partial charge in [0.2, 0.25) is 11.0 Å². The highest BCUT2D eigenvalue weighted by Crippen LogP contribution is 2.25. The lowest BCUT2D eigenvalue weighted by Crippen LogP contribution is -2.17. The Kier molecular flexibility index (Phi) is 6.36. The second kappa shape index (κ2) is 8.49. The second-order valence-electron chi connectivity index (χ2n) is 5.35. The number of aliphatic carboxylic acids is 1. The number of aromatic nitrogens is 2. The molecule has 1 aromatic heterocycles. The number of hydrogen-bond donors (Lipinski definition) is 2. The molecular weight excluding hydrogens is 333 g/mol. The number of rotatable bonds is 8. The molecule has 1 unspecified atom stereocenters. The number of nitrogens with one attached hydrogen (secondary N) is 1. The van der Waals surface area contributed by atoms with Crippen LogP contribution in [0.1, 0.15) is 42.7 Å². The molecule has 0 saturated heterocycles. The Morgan fingerprint density at radius 1 is 1.33 bits per heavy atom. The van der Waals surface area contributed by atoms with Crippen LogP contribution in [-0.4, -0.2) is 27.2 Å². The largest absolute Gasteiger partial charge is 0.481 e. The Balaban J connectivity index is 2.04. The van der Waals surface area contributed by atoms with Crippen molar-refractivity contribution in [3.05, 3.63) is 40.7 Å². The maximum Gasteiger partial charge on any atom is 0.303 e. The van der Waals surface area contributed by atoms with Crippen LogP contribution in [0.2, 0.25) is 0 Å². The molecule has 1 heterocycles. The van der Waals surface area contributed by atoms with E-state index in [0.717, 1.165) is 17.8 Å². The molecule has 2 N–H and O–H groups in total. The van der Waals surface area contributed by atoms with Crippen molar-refractivity contribution in [2.24, 2.45) is 0 Å². The van der Waals surface area contributed by atoms with Gasteiger partial charge in [-0.15, -0.1) is 10.2 Å². The number of hydrogen-bond acceptors (Lipinski definition) is 5. The number of carbonyl (C=O) groups excluding carboxylic acids is 1. The van der Waals surface area contributed by atoms with Crippen LogP contribution in [0.15, 0.2) is 24.3 Å². The summed E-state index contributed by atoms with van der Waals surface area (Å²) in [6, 6.07) is 5.65. The summed E-state index contributed by atoms with van der Waals surface area (Å²) in [5, 5.41) is 20.7. The quantitative estimate of drug-likeness (QED) is 0.762. The molecule has 0 fully saturated rings. The predicted molar refractivity (Wildman–Crippen MR) is 88.5 cm³/mol. The Hall–Kier alpha value is -2.35. The lowest BCUT2D eigenvalue weighted by Gasteiger charge is -2.14. The number of carbonyl (C=O) groups is 2. The van der Waals surface area contributed by atoms with Crippen LogP contribution in [0.25, 0.3) is 0 Å². The zero-order chi connectivity index (χ0) is 17.5. The first kappa shape index (κ1) is 18.0. The average molecular weight is 351 g/mol. The van der Waals surface area contributed by atoms with Crippen molar-refractivity contribution < 1.29 is 19.1 Å². The zero-order valence-electron chi connectivity index (χ0n) is 13.2. The fourth-order valence-corrected chi connectivity index (χ4v) is 3.15. The predicted octanol–water partition coefficient (Wildman–Crippen LogP) is 3.22. The number of nitrogens with zero attached hydrogens (tertiary/aromatic N) is 2. The van der Waals surface area contributed by atoms with Crippen LogP contribution >= 0.6 is 11.3 Å². The van der Waals surface area contributed by atoms with E-state index in [1.165, 1.54) is 29.5 Å². The molecule has 0 radical (unpaired) electrons. The summed E-state index contributed by atoms with van der Waals surface area (Å²) in [5.41, 5.74) is 0.483. The van der Waals surface area contributed by atoms with Crippen LogP contribution in [0, 0.1) is 5.82 Å². The molecule has 6 nitrogen and oxygen atoms in total. The first-order valence-corrected chi connectivity index (χ1v) is 8.39. The maximum absolute atomic E-state index is 13.4. The minimum absolute atomic E-state index is 0.0710. The first-order chi connectivity index (χ1) is 11.5. The molecule has 2 rings (SSSR count). The molecule has 24 heavy (non-hydrogen) atoms. The number of amides is 1. The first-order valence-electron chi connectivity index (χ1n) is 7.57. The summed E-state index contributed by atoms with van der Waals surface area (Å²) in [5.74, 6) is -2.49. The van der Waals surface area contributed by atoms with E-state index in [4.69, 9.17) is 5.11 Å². The third kappa shape index (κ3) is 5.38. The van der Waals surface area contributed by atoms with Gasteiger partial charge in [-0.25, -0.2) is 4.39 Å². The number of carboxylic acids is 1. The van der Waals surface area contributed by atoms with Crippen molar-refractivity contribution in [2.75, 3.05) is 5.32 Å². The number of aryl methyl sites for hydroxylation is 1. The van der Waals surface area contributed by atoms with E-state index in [0.29, 0.717) is 10.7 Å². The molecule has 2 aromatic rings. The molecule has 0 aliphatic rings. The van der Waals surface area contributed by atoms with Gasteiger partial charge in [-0.3, -0.25) is 9.59 Å². The monoisotopic (exact) mass is 351 g/mol. The van der Waals surface area contributed by atoms with E-state index in [-0.39, 0.29) is 18.7 Å². The van der Waals surface area contributed by atoms with E-state index >= 15 is 0 Å². The van der Waals surface area contributed by atoms with Gasteiger partial charge in [0.15, 0.2) is 0 Å². The molecule has 1 atom stereocenters. The second-order valence-corrected chi connectivity index (χ2v) is 6.42. The fourth-order valence-electron chi connectivity index (χ4n) is 2.29. The van der Waals surface area contributed by atoms with Gasteiger partial charge in [0.25, 0.3) is 0 Å². The highest BCUT2D eigenvalue weighted by molar-refractivity contribution is 7.15. The topological polar surface area (TPSA) is 92.2 Å². The summed E-state index contributed by atoms with van der Waals surface area (Å²) in [4.78, 5) is 23.2. The smallest absolute Gasteiger partial charge is 0.303 e. The Labute approximate surface area is 142 Å². The van der Waals surface area contributed by atoms with E-state index in [2.05, 4.69) is 15.5 Å². The van der Waals surface area contributed by atoms with Crippen molar-refractivity contribution in [3.8, 4) is 0 Å². The van der Waals surface area contributed by atoms with Gasteiger partial charge in [0.1, 0.15) is 10.8 Å². The maximum atomic E-state index is 13.4. The zero-order valence-corrected chi connectivity index (χ0v) is 14.0. The summed E-state index contributed by atoms with van der Waals surface area (Å²) in [6.45, 7) is 2.02. The van der Waals surface area contributed by atoms with Gasteiger partial charge < -0.3 is 10.4 Å². The van der Waals surface area contributed by atoms with Gasteiger partial charge in [-0.05, 0) is 24.1 Å². The molecule has 0 saturated carbocycles. The lowest BCUT2D eigenvalue weighted by molar-refractivity contribution is -0.137. The number of anilines is 1. The number of halogens is 1. The van der Waals surface area contributed by atoms with Crippen LogP contribution in [0.5, 0.6) is 0 Å². The molecule has 1 amide bonds. The molecule has 128 valence electrons. The van der Waals surface area contributed by atoms with E-state index in [1.807, 2.05) is 6.92 Å². The Morgan fingerprint density at radius 2 is 2.12 bits per heavy atom. The average Bonchev–Trinajstić information content (AvgIpc) is 2.93. The fraction of sp³-hybridized carbons (Fsp3) is 0.375. The van der Waals surface area contributed by atoms with Crippen LogP contribution in [-0.2, 0) is 16.0 Å². The SMILES string of the molecule is CCCc1nnc(NC(=O)CC(CC(=O)O)c2cccc(F)c2)s1. The van der Waals surface area contributed by atoms with Gasteiger partial charge in [-0.2, -0.15) is 0 Å². The van der Waals surface area contributed by atoms with Crippen molar-refractivity contribution >= 4 is 28.3 Å². The van der Waals surface area contributed by atoms with E-state index in [1.54, 1.807) is 6.07 Å². The molecule has 8 heteroatoms. The minimum atomic E-state index is -1.04. The van der Waals surface area contributed by atoms with Crippen LogP contribution < -0.4 is 5.32 Å². The molecule has 1 aromatic carbocycles. The third-order valence-electron chi connectivity index (χ3n) is 3.35. The van der Waals surface area contributed by atoms with Crippen molar-refractivity contribution in [1.82, 2.24) is 10.2 Å². The lowest BCUT2D eigenvalue weighted by atomic mass is 9.92. The number of carboxylic acid groups (broad SMARTS) is 1. The molecule has 0 spiro atoms. The summed E-state index contributed by atoms with van der Waals surface area (Å²) in [6.07, 6.45) is 1.40. The summed E-state index contributed by atoms with van der Waals surface area (Å²) in [7, 11) is 0. The normalized spacial score (nSPS) is 11.9. The Morgan fingerprint density at radius 3 is 2.79 bits per heavy atom.